The standard InChI is InChI=1S/C8H19N3O3S2/c1-7(6-14-2)11-8(15)9-4-5-10-16(3,12)13/h7,10H,4-6H2,1-3H3,(H2,9,11,15). The molecule has 0 aromatic carbocycles. The Kier molecular flexibility index (Phi) is 7.56. The van der Waals surface area contributed by atoms with E-state index in [-0.39, 0.29) is 6.04 Å². The highest BCUT2D eigenvalue weighted by atomic mass is 32.2. The predicted octanol–water partition coefficient (Wildman–Crippen LogP) is -0.965. The van der Waals surface area contributed by atoms with Crippen molar-refractivity contribution in [2.75, 3.05) is 33.1 Å². The summed E-state index contributed by atoms with van der Waals surface area (Å²) < 4.78 is 28.8. The van der Waals surface area contributed by atoms with Gasteiger partial charge in [0.25, 0.3) is 0 Å². The normalized spacial score (nSPS) is 13.2. The molecule has 0 radical (unpaired) electrons. The van der Waals surface area contributed by atoms with Gasteiger partial charge in [-0.25, -0.2) is 13.1 Å². The number of thiocarbonyl (C=S) groups is 1. The second kappa shape index (κ2) is 7.77. The van der Waals surface area contributed by atoms with Gasteiger partial charge in [-0.15, -0.1) is 0 Å². The zero-order valence-electron chi connectivity index (χ0n) is 9.74. The summed E-state index contributed by atoms with van der Waals surface area (Å²) >= 11 is 5.00. The summed E-state index contributed by atoms with van der Waals surface area (Å²) in [7, 11) is -1.51. The second-order valence-corrected chi connectivity index (χ2v) is 5.66. The third kappa shape index (κ3) is 10.1. The molecule has 0 bridgehead atoms. The predicted molar refractivity (Wildman–Crippen MR) is 67.9 cm³/mol. The Labute approximate surface area is 102 Å². The van der Waals surface area contributed by atoms with Crippen LogP contribution in [0.4, 0.5) is 0 Å². The second-order valence-electron chi connectivity index (χ2n) is 3.42. The van der Waals surface area contributed by atoms with Crippen LogP contribution in [0, 0.1) is 0 Å². The average Bonchev–Trinajstić information content (AvgIpc) is 2.11. The molecule has 0 rings (SSSR count). The molecule has 0 saturated heterocycles. The highest BCUT2D eigenvalue weighted by Crippen LogP contribution is 1.82. The lowest BCUT2D eigenvalue weighted by molar-refractivity contribution is 0.179. The summed E-state index contributed by atoms with van der Waals surface area (Å²) in [5, 5.41) is 6.36. The number of methoxy groups -OCH3 is 1. The quantitative estimate of drug-likeness (QED) is 0.408. The fourth-order valence-electron chi connectivity index (χ4n) is 0.979. The van der Waals surface area contributed by atoms with Crippen LogP contribution in [0.2, 0.25) is 0 Å². The van der Waals surface area contributed by atoms with E-state index in [1.807, 2.05) is 6.92 Å². The Hall–Kier alpha value is -0.440. The van der Waals surface area contributed by atoms with Crippen LogP contribution in [0.5, 0.6) is 0 Å². The number of rotatable bonds is 7. The fourth-order valence-corrected chi connectivity index (χ4v) is 1.76. The van der Waals surface area contributed by atoms with Crippen molar-refractivity contribution in [3.05, 3.63) is 0 Å². The first kappa shape index (κ1) is 15.6. The van der Waals surface area contributed by atoms with Gasteiger partial charge in [-0.2, -0.15) is 0 Å². The van der Waals surface area contributed by atoms with Crippen molar-refractivity contribution in [1.82, 2.24) is 15.4 Å². The zero-order valence-corrected chi connectivity index (χ0v) is 11.4. The SMILES string of the molecule is COCC(C)NC(=S)NCCNS(C)(=O)=O. The van der Waals surface area contributed by atoms with Crippen LogP contribution >= 0.6 is 12.2 Å². The van der Waals surface area contributed by atoms with Gasteiger partial charge in [-0.3, -0.25) is 0 Å². The van der Waals surface area contributed by atoms with Crippen LogP contribution in [0.15, 0.2) is 0 Å². The lowest BCUT2D eigenvalue weighted by atomic mass is 10.4. The van der Waals surface area contributed by atoms with Gasteiger partial charge in [0.05, 0.1) is 12.9 Å². The number of hydrogen-bond donors (Lipinski definition) is 3. The van der Waals surface area contributed by atoms with E-state index in [1.54, 1.807) is 7.11 Å². The van der Waals surface area contributed by atoms with Crippen molar-refractivity contribution in [2.24, 2.45) is 0 Å². The van der Waals surface area contributed by atoms with Crippen molar-refractivity contribution in [3.63, 3.8) is 0 Å². The highest BCUT2D eigenvalue weighted by molar-refractivity contribution is 7.88. The molecule has 0 aliphatic rings. The van der Waals surface area contributed by atoms with Gasteiger partial charge in [0.2, 0.25) is 10.0 Å². The third-order valence-electron chi connectivity index (χ3n) is 1.57. The molecule has 16 heavy (non-hydrogen) atoms. The minimum atomic E-state index is -3.13. The average molecular weight is 269 g/mol. The maximum atomic E-state index is 10.7. The first-order valence-corrected chi connectivity index (χ1v) is 7.13. The van der Waals surface area contributed by atoms with E-state index in [1.165, 1.54) is 0 Å². The van der Waals surface area contributed by atoms with Crippen molar-refractivity contribution in [3.8, 4) is 0 Å². The van der Waals surface area contributed by atoms with Crippen molar-refractivity contribution in [1.29, 1.82) is 0 Å². The molecule has 1 unspecified atom stereocenters. The smallest absolute Gasteiger partial charge is 0.208 e. The molecular weight excluding hydrogens is 250 g/mol. The molecule has 0 aliphatic carbocycles. The summed E-state index contributed by atoms with van der Waals surface area (Å²) in [6.07, 6.45) is 1.12. The van der Waals surface area contributed by atoms with Crippen LogP contribution in [-0.4, -0.2) is 52.6 Å². The van der Waals surface area contributed by atoms with Gasteiger partial charge in [0, 0.05) is 26.2 Å². The number of ether oxygens (including phenoxy) is 1. The van der Waals surface area contributed by atoms with Crippen molar-refractivity contribution >= 4 is 27.4 Å². The molecule has 0 amide bonds. The van der Waals surface area contributed by atoms with E-state index in [4.69, 9.17) is 17.0 Å². The highest BCUT2D eigenvalue weighted by Gasteiger charge is 2.03. The molecular formula is C8H19N3O3S2. The molecule has 3 N–H and O–H groups in total. The molecule has 1 atom stereocenters. The van der Waals surface area contributed by atoms with E-state index in [0.717, 1.165) is 6.26 Å². The molecule has 8 heteroatoms. The lowest BCUT2D eigenvalue weighted by Gasteiger charge is -2.16. The van der Waals surface area contributed by atoms with E-state index in [2.05, 4.69) is 15.4 Å². The Morgan fingerprint density at radius 3 is 2.56 bits per heavy atom. The van der Waals surface area contributed by atoms with E-state index in [0.29, 0.717) is 24.8 Å². The molecule has 96 valence electrons. The molecule has 0 fully saturated rings. The first-order valence-electron chi connectivity index (χ1n) is 4.83. The van der Waals surface area contributed by atoms with Gasteiger partial charge >= 0.3 is 0 Å². The molecule has 0 aromatic rings. The number of nitrogens with one attached hydrogen (secondary N) is 3. The van der Waals surface area contributed by atoms with E-state index in [9.17, 15) is 8.42 Å². The molecule has 0 heterocycles. The molecule has 6 nitrogen and oxygen atoms in total. The minimum absolute atomic E-state index is 0.118. The lowest BCUT2D eigenvalue weighted by Crippen LogP contribution is -2.44. The number of hydrogen-bond acceptors (Lipinski definition) is 4. The van der Waals surface area contributed by atoms with E-state index >= 15 is 0 Å². The summed E-state index contributed by atoms with van der Waals surface area (Å²) in [4.78, 5) is 0. The summed E-state index contributed by atoms with van der Waals surface area (Å²) in [5.74, 6) is 0. The minimum Gasteiger partial charge on any atom is -0.383 e. The third-order valence-corrected chi connectivity index (χ3v) is 2.56. The van der Waals surface area contributed by atoms with Gasteiger partial charge in [-0.05, 0) is 19.1 Å². The first-order chi connectivity index (χ1) is 7.35. The molecule has 0 spiro atoms. The molecule has 0 saturated carbocycles. The van der Waals surface area contributed by atoms with Crippen LogP contribution in [0.1, 0.15) is 6.92 Å². The topological polar surface area (TPSA) is 79.5 Å². The Bertz CT molecular complexity index is 306. The van der Waals surface area contributed by atoms with Crippen LogP contribution < -0.4 is 15.4 Å². The number of sulfonamides is 1. The summed E-state index contributed by atoms with van der Waals surface area (Å²) in [6, 6.07) is 0.118. The van der Waals surface area contributed by atoms with Crippen molar-refractivity contribution < 1.29 is 13.2 Å². The Morgan fingerprint density at radius 2 is 2.06 bits per heavy atom. The van der Waals surface area contributed by atoms with Gasteiger partial charge in [-0.1, -0.05) is 0 Å². The van der Waals surface area contributed by atoms with Crippen molar-refractivity contribution in [2.45, 2.75) is 13.0 Å². The zero-order chi connectivity index (χ0) is 12.6. The summed E-state index contributed by atoms with van der Waals surface area (Å²) in [5.41, 5.74) is 0. The molecule has 0 aliphatic heterocycles. The largest absolute Gasteiger partial charge is 0.383 e. The molecule has 0 aromatic heterocycles. The van der Waals surface area contributed by atoms with Crippen LogP contribution in [0.3, 0.4) is 0 Å². The van der Waals surface area contributed by atoms with Crippen LogP contribution in [-0.2, 0) is 14.8 Å². The van der Waals surface area contributed by atoms with Gasteiger partial charge in [0.1, 0.15) is 0 Å². The van der Waals surface area contributed by atoms with E-state index < -0.39 is 10.0 Å². The fraction of sp³-hybridized carbons (Fsp3) is 0.875. The maximum Gasteiger partial charge on any atom is 0.208 e. The Morgan fingerprint density at radius 1 is 1.44 bits per heavy atom. The van der Waals surface area contributed by atoms with Gasteiger partial charge < -0.3 is 15.4 Å². The monoisotopic (exact) mass is 269 g/mol. The van der Waals surface area contributed by atoms with Crippen LogP contribution in [0.25, 0.3) is 0 Å². The van der Waals surface area contributed by atoms with Gasteiger partial charge in [0.15, 0.2) is 5.11 Å². The Balaban J connectivity index is 3.59. The summed E-state index contributed by atoms with van der Waals surface area (Å²) in [6.45, 7) is 3.24. The maximum absolute atomic E-state index is 10.7.